The van der Waals surface area contributed by atoms with Gasteiger partial charge in [-0.25, -0.2) is 0 Å². The fourth-order valence-corrected chi connectivity index (χ4v) is 2.92. The maximum Gasteiger partial charge on any atom is 0.259 e. The summed E-state index contributed by atoms with van der Waals surface area (Å²) in [6.07, 6.45) is 0.758. The van der Waals surface area contributed by atoms with Gasteiger partial charge >= 0.3 is 0 Å². The summed E-state index contributed by atoms with van der Waals surface area (Å²) in [6.45, 7) is 2.43. The molecule has 5 nitrogen and oxygen atoms in total. The maximum atomic E-state index is 12.5. The molecule has 2 N–H and O–H groups in total. The van der Waals surface area contributed by atoms with Crippen molar-refractivity contribution in [3.8, 4) is 5.75 Å². The summed E-state index contributed by atoms with van der Waals surface area (Å²) in [5.41, 5.74) is 3.48. The molecular weight excluding hydrogens is 364 g/mol. The number of hydrogen-bond donors (Lipinski definition) is 2. The highest BCUT2D eigenvalue weighted by Crippen LogP contribution is 2.19. The lowest BCUT2D eigenvalue weighted by Crippen LogP contribution is -2.31. The summed E-state index contributed by atoms with van der Waals surface area (Å²) in [7, 11) is 0. The van der Waals surface area contributed by atoms with Crippen LogP contribution in [0.15, 0.2) is 78.9 Å². The zero-order chi connectivity index (χ0) is 20.5. The Bertz CT molecular complexity index is 971. The fraction of sp³-hybridized carbons (Fsp3) is 0.167. The van der Waals surface area contributed by atoms with Crippen molar-refractivity contribution in [2.45, 2.75) is 13.3 Å². The Labute approximate surface area is 170 Å². The van der Waals surface area contributed by atoms with Crippen LogP contribution in [-0.4, -0.2) is 25.0 Å². The minimum Gasteiger partial charge on any atom is -0.483 e. The normalized spacial score (nSPS) is 10.2. The Hall–Kier alpha value is -3.60. The summed E-state index contributed by atoms with van der Waals surface area (Å²) < 4.78 is 5.61. The molecule has 0 atom stereocenters. The second kappa shape index (κ2) is 10.1. The predicted octanol–water partition coefficient (Wildman–Crippen LogP) is 3.99. The van der Waals surface area contributed by atoms with E-state index in [1.807, 2.05) is 42.5 Å². The van der Waals surface area contributed by atoms with Crippen molar-refractivity contribution < 1.29 is 14.3 Å². The third kappa shape index (κ3) is 5.94. The lowest BCUT2D eigenvalue weighted by molar-refractivity contribution is -0.123. The van der Waals surface area contributed by atoms with E-state index >= 15 is 0 Å². The minimum atomic E-state index is -0.285. The zero-order valence-electron chi connectivity index (χ0n) is 16.4. The molecule has 0 unspecified atom stereocenters. The van der Waals surface area contributed by atoms with E-state index in [2.05, 4.69) is 29.7 Å². The quantitative estimate of drug-likeness (QED) is 0.613. The Morgan fingerprint density at radius 1 is 0.862 bits per heavy atom. The molecule has 2 amide bonds. The van der Waals surface area contributed by atoms with Crippen molar-refractivity contribution in [2.75, 3.05) is 18.5 Å². The molecule has 3 aromatic rings. The molecule has 29 heavy (non-hydrogen) atoms. The molecule has 148 valence electrons. The van der Waals surface area contributed by atoms with Crippen molar-refractivity contribution in [3.05, 3.63) is 95.6 Å². The lowest BCUT2D eigenvalue weighted by atomic mass is 10.1. The van der Waals surface area contributed by atoms with Gasteiger partial charge in [0.1, 0.15) is 5.75 Å². The minimum absolute atomic E-state index is 0.149. The van der Waals surface area contributed by atoms with Crippen LogP contribution in [0.1, 0.15) is 21.5 Å². The van der Waals surface area contributed by atoms with Crippen LogP contribution in [0.2, 0.25) is 0 Å². The van der Waals surface area contributed by atoms with Crippen LogP contribution >= 0.6 is 0 Å². The zero-order valence-corrected chi connectivity index (χ0v) is 16.4. The number of carbonyl (C=O) groups excluding carboxylic acids is 2. The molecule has 0 fully saturated rings. The number of ether oxygens (including phenoxy) is 1. The van der Waals surface area contributed by atoms with E-state index in [9.17, 15) is 9.59 Å². The van der Waals surface area contributed by atoms with Gasteiger partial charge in [0.05, 0.1) is 5.56 Å². The lowest BCUT2D eigenvalue weighted by Gasteiger charge is -2.12. The number of carbonyl (C=O) groups is 2. The van der Waals surface area contributed by atoms with Gasteiger partial charge in [-0.2, -0.15) is 0 Å². The topological polar surface area (TPSA) is 67.4 Å². The van der Waals surface area contributed by atoms with Crippen molar-refractivity contribution >= 4 is 17.5 Å². The highest BCUT2D eigenvalue weighted by atomic mass is 16.5. The Morgan fingerprint density at radius 3 is 2.34 bits per heavy atom. The molecule has 0 saturated carbocycles. The smallest absolute Gasteiger partial charge is 0.259 e. The summed E-state index contributed by atoms with van der Waals surface area (Å²) in [5, 5.41) is 5.68. The molecular formula is C24H24N2O3. The molecule has 0 spiro atoms. The van der Waals surface area contributed by atoms with E-state index in [0.29, 0.717) is 23.5 Å². The van der Waals surface area contributed by atoms with Gasteiger partial charge in [-0.05, 0) is 48.7 Å². The van der Waals surface area contributed by atoms with Crippen LogP contribution < -0.4 is 15.4 Å². The first-order chi connectivity index (χ1) is 14.1. The van der Waals surface area contributed by atoms with Gasteiger partial charge in [0, 0.05) is 12.2 Å². The molecule has 0 bridgehead atoms. The largest absolute Gasteiger partial charge is 0.483 e. The number of anilines is 1. The Morgan fingerprint density at radius 2 is 1.55 bits per heavy atom. The molecule has 0 aliphatic rings. The van der Waals surface area contributed by atoms with Crippen LogP contribution in [0.25, 0.3) is 0 Å². The number of benzene rings is 3. The van der Waals surface area contributed by atoms with Crippen LogP contribution in [0.5, 0.6) is 5.75 Å². The molecule has 3 rings (SSSR count). The first-order valence-corrected chi connectivity index (χ1v) is 9.53. The summed E-state index contributed by atoms with van der Waals surface area (Å²) >= 11 is 0. The van der Waals surface area contributed by atoms with Gasteiger partial charge in [-0.1, -0.05) is 54.6 Å². The van der Waals surface area contributed by atoms with E-state index in [-0.39, 0.29) is 18.4 Å². The molecule has 0 aromatic heterocycles. The number of para-hydroxylation sites is 2. The monoisotopic (exact) mass is 388 g/mol. The number of nitrogens with one attached hydrogen (secondary N) is 2. The standard InChI is InChI=1S/C24H24N2O3/c1-18-9-5-6-10-19(18)15-16-25-23(27)17-29-22-14-8-7-13-21(22)24(28)26-20-11-3-2-4-12-20/h2-14H,15-17H2,1H3,(H,25,27)(H,26,28). The SMILES string of the molecule is Cc1ccccc1CCNC(=O)COc1ccccc1C(=O)Nc1ccccc1. The summed E-state index contributed by atoms with van der Waals surface area (Å²) in [6, 6.07) is 24.2. The second-order valence-corrected chi connectivity index (χ2v) is 6.63. The number of hydrogen-bond acceptors (Lipinski definition) is 3. The number of amides is 2. The van der Waals surface area contributed by atoms with Gasteiger partial charge in [-0.3, -0.25) is 9.59 Å². The van der Waals surface area contributed by atoms with Crippen LogP contribution in [0, 0.1) is 6.92 Å². The van der Waals surface area contributed by atoms with E-state index < -0.39 is 0 Å². The highest BCUT2D eigenvalue weighted by Gasteiger charge is 2.13. The van der Waals surface area contributed by atoms with Crippen LogP contribution in [0.3, 0.4) is 0 Å². The van der Waals surface area contributed by atoms with E-state index in [1.54, 1.807) is 24.3 Å². The Balaban J connectivity index is 1.52. The third-order valence-corrected chi connectivity index (χ3v) is 4.50. The summed E-state index contributed by atoms with van der Waals surface area (Å²) in [5.74, 6) is -0.140. The van der Waals surface area contributed by atoms with E-state index in [0.717, 1.165) is 6.42 Å². The van der Waals surface area contributed by atoms with Crippen LogP contribution in [-0.2, 0) is 11.2 Å². The van der Waals surface area contributed by atoms with Gasteiger partial charge in [0.15, 0.2) is 6.61 Å². The van der Waals surface area contributed by atoms with Gasteiger partial charge in [0.2, 0.25) is 0 Å². The van der Waals surface area contributed by atoms with Crippen molar-refractivity contribution in [2.24, 2.45) is 0 Å². The predicted molar refractivity (Wildman–Crippen MR) is 114 cm³/mol. The van der Waals surface area contributed by atoms with E-state index in [4.69, 9.17) is 4.74 Å². The molecule has 0 aliphatic heterocycles. The molecule has 0 aliphatic carbocycles. The van der Waals surface area contributed by atoms with Crippen molar-refractivity contribution in [3.63, 3.8) is 0 Å². The molecule has 0 radical (unpaired) electrons. The van der Waals surface area contributed by atoms with E-state index in [1.165, 1.54) is 11.1 Å². The second-order valence-electron chi connectivity index (χ2n) is 6.63. The first-order valence-electron chi connectivity index (χ1n) is 9.53. The van der Waals surface area contributed by atoms with Gasteiger partial charge < -0.3 is 15.4 Å². The number of rotatable bonds is 8. The first kappa shape index (κ1) is 20.1. The third-order valence-electron chi connectivity index (χ3n) is 4.50. The summed E-state index contributed by atoms with van der Waals surface area (Å²) in [4.78, 5) is 24.7. The molecule has 3 aromatic carbocycles. The Kier molecular flexibility index (Phi) is 7.00. The molecule has 5 heteroatoms. The van der Waals surface area contributed by atoms with Crippen LogP contribution in [0.4, 0.5) is 5.69 Å². The highest BCUT2D eigenvalue weighted by molar-refractivity contribution is 6.06. The maximum absolute atomic E-state index is 12.5. The number of aryl methyl sites for hydroxylation is 1. The van der Waals surface area contributed by atoms with Gasteiger partial charge in [-0.15, -0.1) is 0 Å². The van der Waals surface area contributed by atoms with Crippen molar-refractivity contribution in [1.82, 2.24) is 5.32 Å². The average Bonchev–Trinajstić information content (AvgIpc) is 2.74. The molecule has 0 saturated heterocycles. The fourth-order valence-electron chi connectivity index (χ4n) is 2.92. The van der Waals surface area contributed by atoms with Crippen molar-refractivity contribution in [1.29, 1.82) is 0 Å². The van der Waals surface area contributed by atoms with Gasteiger partial charge in [0.25, 0.3) is 11.8 Å². The average molecular weight is 388 g/mol. The molecule has 0 heterocycles.